The van der Waals surface area contributed by atoms with Crippen LogP contribution in [0.3, 0.4) is 0 Å². The summed E-state index contributed by atoms with van der Waals surface area (Å²) in [6.45, 7) is 4.82. The molecule has 278 valence electrons. The molecule has 9 aromatic carbocycles. The van der Waals surface area contributed by atoms with Crippen LogP contribution in [0.25, 0.3) is 104 Å². The van der Waals surface area contributed by atoms with Gasteiger partial charge in [-0.3, -0.25) is 0 Å². The van der Waals surface area contributed by atoms with Gasteiger partial charge in [0.15, 0.2) is 0 Å². The highest BCUT2D eigenvalue weighted by atomic mass is 15.0. The molecule has 2 aromatic heterocycles. The molecule has 0 spiro atoms. The fraction of sp³-hybridized carbons (Fsp3) is 0.0877. The molecule has 0 unspecified atom stereocenters. The molecule has 0 fully saturated rings. The maximum Gasteiger partial charge on any atom is 0.0544 e. The van der Waals surface area contributed by atoms with Gasteiger partial charge in [0, 0.05) is 38.3 Å². The largest absolute Gasteiger partial charge is 0.309 e. The van der Waals surface area contributed by atoms with Gasteiger partial charge in [0.25, 0.3) is 0 Å². The van der Waals surface area contributed by atoms with Crippen molar-refractivity contribution in [3.63, 3.8) is 0 Å². The molecule has 0 aliphatic heterocycles. The van der Waals surface area contributed by atoms with E-state index in [9.17, 15) is 0 Å². The lowest BCUT2D eigenvalue weighted by Crippen LogP contribution is -2.16. The van der Waals surface area contributed by atoms with Gasteiger partial charge in [-0.25, -0.2) is 0 Å². The van der Waals surface area contributed by atoms with Gasteiger partial charge in [0.2, 0.25) is 0 Å². The van der Waals surface area contributed by atoms with Crippen LogP contribution in [-0.2, 0) is 5.41 Å². The SMILES string of the molecule is CC1(C)C2=C(CCC=C2)c2cc3c4ccccc4n(-c4ccc5c(c4)c4cc(-c6ccc7c8ccccc8c8ccccc8c7c6)ccc4n5-c4ccccc4)c3cc21. The molecule has 2 heteroatoms. The minimum atomic E-state index is -0.0390. The van der Waals surface area contributed by atoms with E-state index in [1.807, 2.05) is 0 Å². The summed E-state index contributed by atoms with van der Waals surface area (Å²) in [5.41, 5.74) is 15.6. The molecule has 11 aromatic rings. The summed E-state index contributed by atoms with van der Waals surface area (Å²) < 4.78 is 4.95. The van der Waals surface area contributed by atoms with E-state index in [1.54, 1.807) is 0 Å². The molecule has 2 heterocycles. The van der Waals surface area contributed by atoms with Crippen LogP contribution in [0, 0.1) is 0 Å². The number of fused-ring (bicyclic) bond motifs is 14. The monoisotopic (exact) mass is 752 g/mol. The number of hydrogen-bond donors (Lipinski definition) is 0. The first kappa shape index (κ1) is 32.9. The van der Waals surface area contributed by atoms with Gasteiger partial charge >= 0.3 is 0 Å². The third kappa shape index (κ3) is 4.52. The predicted octanol–water partition coefficient (Wildman–Crippen LogP) is 15.4. The molecule has 2 aliphatic carbocycles. The fourth-order valence-corrected chi connectivity index (χ4v) is 11.0. The maximum atomic E-state index is 2.52. The molecule has 0 bridgehead atoms. The Labute approximate surface area is 342 Å². The first-order chi connectivity index (χ1) is 29.0. The highest BCUT2D eigenvalue weighted by Gasteiger charge is 2.38. The van der Waals surface area contributed by atoms with Gasteiger partial charge in [-0.15, -0.1) is 0 Å². The van der Waals surface area contributed by atoms with Crippen LogP contribution in [0.1, 0.15) is 37.8 Å². The minimum Gasteiger partial charge on any atom is -0.309 e. The van der Waals surface area contributed by atoms with E-state index in [-0.39, 0.29) is 5.41 Å². The highest BCUT2D eigenvalue weighted by Crippen LogP contribution is 2.52. The second-order valence-corrected chi connectivity index (χ2v) is 17.2. The summed E-state index contributed by atoms with van der Waals surface area (Å²) in [7, 11) is 0. The van der Waals surface area contributed by atoms with Crippen molar-refractivity contribution < 1.29 is 0 Å². The molecule has 0 saturated carbocycles. The second kappa shape index (κ2) is 11.9. The molecule has 0 saturated heterocycles. The Hall–Kier alpha value is -7.16. The highest BCUT2D eigenvalue weighted by molar-refractivity contribution is 6.26. The Morgan fingerprint density at radius 2 is 0.949 bits per heavy atom. The zero-order valence-corrected chi connectivity index (χ0v) is 33.1. The number of nitrogens with zero attached hydrogens (tertiary/aromatic N) is 2. The Bertz CT molecular complexity index is 3640. The Kier molecular flexibility index (Phi) is 6.65. The maximum absolute atomic E-state index is 2.52. The number of aromatic nitrogens is 2. The molecule has 0 radical (unpaired) electrons. The lowest BCUT2D eigenvalue weighted by molar-refractivity contribution is 0.652. The van der Waals surface area contributed by atoms with Crippen LogP contribution in [0.5, 0.6) is 0 Å². The summed E-state index contributed by atoms with van der Waals surface area (Å²) in [4.78, 5) is 0. The summed E-state index contributed by atoms with van der Waals surface area (Å²) in [6, 6.07) is 63.7. The van der Waals surface area contributed by atoms with E-state index in [2.05, 4.69) is 205 Å². The number of rotatable bonds is 3. The molecule has 2 aliphatic rings. The fourth-order valence-electron chi connectivity index (χ4n) is 11.0. The molecule has 59 heavy (non-hydrogen) atoms. The smallest absolute Gasteiger partial charge is 0.0544 e. The molecule has 2 nitrogen and oxygen atoms in total. The van der Waals surface area contributed by atoms with Gasteiger partial charge < -0.3 is 9.13 Å². The topological polar surface area (TPSA) is 9.86 Å². The van der Waals surface area contributed by atoms with Gasteiger partial charge in [0.05, 0.1) is 22.1 Å². The molecule has 0 N–H and O–H groups in total. The Balaban J connectivity index is 1.06. The third-order valence-corrected chi connectivity index (χ3v) is 13.8. The standard InChI is InChI=1S/C57H40N2/c1-57(2)51-22-12-10-20-44(51)47-33-50-45-21-11-13-23-53(45)59(56(50)34-52(47)57)38-26-29-55-49(32-38)48-31-36(25-28-54(48)58(55)37-14-4-3-5-15-37)35-24-27-43-41-18-7-6-16-39(41)40-17-8-9-19-42(40)46(43)30-35/h3-9,11-19,21-34H,10,20H2,1-2H3. The lowest BCUT2D eigenvalue weighted by atomic mass is 9.80. The van der Waals surface area contributed by atoms with Crippen molar-refractivity contribution in [2.75, 3.05) is 0 Å². The first-order valence-corrected chi connectivity index (χ1v) is 21.0. The van der Waals surface area contributed by atoms with Crippen molar-refractivity contribution in [2.45, 2.75) is 32.1 Å². The molecule has 0 amide bonds. The van der Waals surface area contributed by atoms with E-state index < -0.39 is 0 Å². The number of allylic oxidation sites excluding steroid dienone is 4. The van der Waals surface area contributed by atoms with Gasteiger partial charge in [-0.2, -0.15) is 0 Å². The third-order valence-electron chi connectivity index (χ3n) is 13.8. The van der Waals surface area contributed by atoms with Crippen LogP contribution in [0.4, 0.5) is 0 Å². The van der Waals surface area contributed by atoms with Crippen molar-refractivity contribution in [1.29, 1.82) is 0 Å². The van der Waals surface area contributed by atoms with Crippen molar-refractivity contribution in [2.24, 2.45) is 0 Å². The summed E-state index contributed by atoms with van der Waals surface area (Å²) in [5.74, 6) is 0. The first-order valence-electron chi connectivity index (χ1n) is 21.0. The summed E-state index contributed by atoms with van der Waals surface area (Å²) >= 11 is 0. The van der Waals surface area contributed by atoms with Crippen molar-refractivity contribution >= 4 is 81.5 Å². The van der Waals surface area contributed by atoms with Gasteiger partial charge in [-0.05, 0) is 145 Å². The number of benzene rings is 9. The number of para-hydroxylation sites is 2. The summed E-state index contributed by atoms with van der Waals surface area (Å²) in [5, 5.41) is 12.9. The molecular weight excluding hydrogens is 713 g/mol. The number of hydrogen-bond acceptors (Lipinski definition) is 0. The zero-order valence-electron chi connectivity index (χ0n) is 33.1. The van der Waals surface area contributed by atoms with Crippen molar-refractivity contribution in [3.8, 4) is 22.5 Å². The molecular formula is C57H40N2. The second-order valence-electron chi connectivity index (χ2n) is 17.2. The van der Waals surface area contributed by atoms with Crippen LogP contribution in [-0.4, -0.2) is 9.13 Å². The van der Waals surface area contributed by atoms with E-state index in [4.69, 9.17) is 0 Å². The minimum absolute atomic E-state index is 0.0390. The van der Waals surface area contributed by atoms with Crippen LogP contribution < -0.4 is 0 Å². The van der Waals surface area contributed by atoms with E-state index in [0.29, 0.717) is 0 Å². The van der Waals surface area contributed by atoms with Crippen molar-refractivity contribution in [3.05, 3.63) is 199 Å². The van der Waals surface area contributed by atoms with E-state index >= 15 is 0 Å². The quantitative estimate of drug-likeness (QED) is 0.159. The summed E-state index contributed by atoms with van der Waals surface area (Å²) in [6.07, 6.45) is 6.98. The van der Waals surface area contributed by atoms with Crippen LogP contribution in [0.15, 0.2) is 188 Å². The zero-order chi connectivity index (χ0) is 39.0. The predicted molar refractivity (Wildman–Crippen MR) is 251 cm³/mol. The normalized spacial score (nSPS) is 14.8. The van der Waals surface area contributed by atoms with E-state index in [0.717, 1.165) is 18.5 Å². The van der Waals surface area contributed by atoms with Gasteiger partial charge in [0.1, 0.15) is 0 Å². The van der Waals surface area contributed by atoms with Gasteiger partial charge in [-0.1, -0.05) is 129 Å². The average Bonchev–Trinajstić information content (AvgIpc) is 3.88. The van der Waals surface area contributed by atoms with Crippen LogP contribution >= 0.6 is 0 Å². The lowest BCUT2D eigenvalue weighted by Gasteiger charge is -2.24. The average molecular weight is 753 g/mol. The molecule has 13 rings (SSSR count). The van der Waals surface area contributed by atoms with E-state index in [1.165, 1.54) is 115 Å². The van der Waals surface area contributed by atoms with Crippen molar-refractivity contribution in [1.82, 2.24) is 9.13 Å². The molecule has 0 atom stereocenters. The van der Waals surface area contributed by atoms with Crippen LogP contribution in [0.2, 0.25) is 0 Å². The Morgan fingerprint density at radius 3 is 1.69 bits per heavy atom. The Morgan fingerprint density at radius 1 is 0.407 bits per heavy atom.